The average molecular weight is 214 g/mol. The van der Waals surface area contributed by atoms with Gasteiger partial charge in [-0.3, -0.25) is 4.98 Å². The van der Waals surface area contributed by atoms with Gasteiger partial charge >= 0.3 is 0 Å². The Labute approximate surface area is 94.5 Å². The predicted molar refractivity (Wildman–Crippen MR) is 65.0 cm³/mol. The molecule has 0 unspecified atom stereocenters. The van der Waals surface area contributed by atoms with Crippen LogP contribution in [0.4, 0.5) is 11.5 Å². The van der Waals surface area contributed by atoms with Crippen LogP contribution >= 0.6 is 0 Å². The van der Waals surface area contributed by atoms with Crippen LogP contribution in [-0.4, -0.2) is 9.97 Å². The van der Waals surface area contributed by atoms with E-state index in [1.165, 1.54) is 0 Å². The lowest BCUT2D eigenvalue weighted by Gasteiger charge is -2.07. The highest BCUT2D eigenvalue weighted by Gasteiger charge is 1.98. The largest absolute Gasteiger partial charge is 0.396 e. The van der Waals surface area contributed by atoms with E-state index in [4.69, 9.17) is 5.73 Å². The maximum Gasteiger partial charge on any atom is 0.149 e. The lowest BCUT2D eigenvalue weighted by molar-refractivity contribution is 1.07. The monoisotopic (exact) mass is 214 g/mol. The normalized spacial score (nSPS) is 10.1. The first kappa shape index (κ1) is 10.4. The van der Waals surface area contributed by atoms with Crippen molar-refractivity contribution in [2.24, 2.45) is 0 Å². The fraction of sp³-hybridized carbons (Fsp3) is 0.167. The summed E-state index contributed by atoms with van der Waals surface area (Å²) in [4.78, 5) is 8.38. The van der Waals surface area contributed by atoms with E-state index in [1.54, 1.807) is 6.20 Å². The van der Waals surface area contributed by atoms with E-state index in [0.717, 1.165) is 11.3 Å². The number of pyridine rings is 2. The summed E-state index contributed by atoms with van der Waals surface area (Å²) in [5.74, 6) is 0.711. The number of nitrogen functional groups attached to an aromatic ring is 1. The molecule has 4 nitrogen and oxygen atoms in total. The molecule has 82 valence electrons. The Morgan fingerprint density at radius 2 is 2.12 bits per heavy atom. The molecule has 0 radical (unpaired) electrons. The predicted octanol–water partition coefficient (Wildman–Crippen LogP) is 1.98. The third-order valence-electron chi connectivity index (χ3n) is 2.27. The van der Waals surface area contributed by atoms with E-state index in [0.29, 0.717) is 18.1 Å². The first-order chi connectivity index (χ1) is 7.75. The molecule has 0 amide bonds. The van der Waals surface area contributed by atoms with Gasteiger partial charge in [0.2, 0.25) is 0 Å². The van der Waals surface area contributed by atoms with Gasteiger partial charge in [0.25, 0.3) is 0 Å². The van der Waals surface area contributed by atoms with E-state index in [1.807, 2.05) is 37.4 Å². The molecule has 0 atom stereocenters. The molecular weight excluding hydrogens is 200 g/mol. The Kier molecular flexibility index (Phi) is 3.00. The fourth-order valence-corrected chi connectivity index (χ4v) is 1.35. The second-order valence-electron chi connectivity index (χ2n) is 3.60. The fourth-order valence-electron chi connectivity index (χ4n) is 1.35. The SMILES string of the molecule is Cc1ccc(CNc2ncccc2N)cn1. The molecule has 0 aliphatic carbocycles. The second-order valence-corrected chi connectivity index (χ2v) is 3.60. The van der Waals surface area contributed by atoms with Crippen LogP contribution in [0.25, 0.3) is 0 Å². The topological polar surface area (TPSA) is 63.8 Å². The molecule has 2 aromatic rings. The summed E-state index contributed by atoms with van der Waals surface area (Å²) in [5.41, 5.74) is 8.55. The number of rotatable bonds is 3. The summed E-state index contributed by atoms with van der Waals surface area (Å²) < 4.78 is 0. The zero-order valence-corrected chi connectivity index (χ0v) is 9.14. The Hall–Kier alpha value is -2.10. The zero-order valence-electron chi connectivity index (χ0n) is 9.14. The van der Waals surface area contributed by atoms with Crippen LogP contribution in [0.2, 0.25) is 0 Å². The Morgan fingerprint density at radius 1 is 1.25 bits per heavy atom. The molecule has 2 rings (SSSR count). The summed E-state index contributed by atoms with van der Waals surface area (Å²) in [6, 6.07) is 7.66. The van der Waals surface area contributed by atoms with Gasteiger partial charge in [-0.25, -0.2) is 4.98 Å². The summed E-state index contributed by atoms with van der Waals surface area (Å²) >= 11 is 0. The molecule has 0 saturated carbocycles. The van der Waals surface area contributed by atoms with Crippen molar-refractivity contribution in [1.82, 2.24) is 9.97 Å². The third-order valence-corrected chi connectivity index (χ3v) is 2.27. The van der Waals surface area contributed by atoms with E-state index in [2.05, 4.69) is 15.3 Å². The van der Waals surface area contributed by atoms with Crippen molar-refractivity contribution in [3.05, 3.63) is 47.9 Å². The maximum atomic E-state index is 5.77. The van der Waals surface area contributed by atoms with Gasteiger partial charge < -0.3 is 11.1 Å². The molecule has 2 aromatic heterocycles. The third kappa shape index (κ3) is 2.48. The number of aromatic nitrogens is 2. The summed E-state index contributed by atoms with van der Waals surface area (Å²) in [5, 5.41) is 3.17. The van der Waals surface area contributed by atoms with Crippen molar-refractivity contribution < 1.29 is 0 Å². The van der Waals surface area contributed by atoms with Crippen molar-refractivity contribution in [3.63, 3.8) is 0 Å². The number of nitrogens with zero attached hydrogens (tertiary/aromatic N) is 2. The molecule has 16 heavy (non-hydrogen) atoms. The average Bonchev–Trinajstić information content (AvgIpc) is 2.30. The minimum atomic E-state index is 0.655. The number of anilines is 2. The molecule has 0 fully saturated rings. The molecule has 0 aliphatic heterocycles. The van der Waals surface area contributed by atoms with Gasteiger partial charge in [0.1, 0.15) is 5.82 Å². The van der Waals surface area contributed by atoms with Gasteiger partial charge in [-0.15, -0.1) is 0 Å². The van der Waals surface area contributed by atoms with Crippen LogP contribution in [0.3, 0.4) is 0 Å². The molecule has 3 N–H and O–H groups in total. The molecule has 4 heteroatoms. The smallest absolute Gasteiger partial charge is 0.149 e. The minimum Gasteiger partial charge on any atom is -0.396 e. The molecule has 2 heterocycles. The van der Waals surface area contributed by atoms with Crippen molar-refractivity contribution in [2.45, 2.75) is 13.5 Å². The number of aryl methyl sites for hydroxylation is 1. The zero-order chi connectivity index (χ0) is 11.4. The van der Waals surface area contributed by atoms with Crippen molar-refractivity contribution >= 4 is 11.5 Å². The summed E-state index contributed by atoms with van der Waals surface area (Å²) in [6.07, 6.45) is 3.56. The quantitative estimate of drug-likeness (QED) is 0.820. The number of hydrogen-bond acceptors (Lipinski definition) is 4. The first-order valence-electron chi connectivity index (χ1n) is 5.11. The standard InChI is InChI=1S/C12H14N4/c1-9-4-5-10(7-15-9)8-16-12-11(13)3-2-6-14-12/h2-7H,8,13H2,1H3,(H,14,16). The van der Waals surface area contributed by atoms with Gasteiger partial charge in [0.15, 0.2) is 0 Å². The minimum absolute atomic E-state index is 0.655. The Balaban J connectivity index is 2.02. The van der Waals surface area contributed by atoms with E-state index < -0.39 is 0 Å². The van der Waals surface area contributed by atoms with Crippen LogP contribution in [-0.2, 0) is 6.54 Å². The highest BCUT2D eigenvalue weighted by Crippen LogP contribution is 2.13. The van der Waals surface area contributed by atoms with Crippen molar-refractivity contribution in [2.75, 3.05) is 11.1 Å². The van der Waals surface area contributed by atoms with Crippen LogP contribution in [0.15, 0.2) is 36.7 Å². The molecule has 0 spiro atoms. The van der Waals surface area contributed by atoms with Gasteiger partial charge in [-0.05, 0) is 30.7 Å². The van der Waals surface area contributed by atoms with E-state index in [9.17, 15) is 0 Å². The van der Waals surface area contributed by atoms with Crippen LogP contribution in [0.5, 0.6) is 0 Å². The second kappa shape index (κ2) is 4.61. The molecular formula is C12H14N4. The van der Waals surface area contributed by atoms with Gasteiger partial charge in [0, 0.05) is 24.6 Å². The van der Waals surface area contributed by atoms with E-state index >= 15 is 0 Å². The number of nitrogens with one attached hydrogen (secondary N) is 1. The van der Waals surface area contributed by atoms with Gasteiger partial charge in [-0.1, -0.05) is 6.07 Å². The lowest BCUT2D eigenvalue weighted by atomic mass is 10.2. The van der Waals surface area contributed by atoms with Crippen LogP contribution < -0.4 is 11.1 Å². The van der Waals surface area contributed by atoms with Gasteiger partial charge in [-0.2, -0.15) is 0 Å². The number of nitrogens with two attached hydrogens (primary N) is 1. The molecule has 0 bridgehead atoms. The highest BCUT2D eigenvalue weighted by molar-refractivity contribution is 5.60. The van der Waals surface area contributed by atoms with Crippen molar-refractivity contribution in [1.29, 1.82) is 0 Å². The Morgan fingerprint density at radius 3 is 2.81 bits per heavy atom. The summed E-state index contributed by atoms with van der Waals surface area (Å²) in [6.45, 7) is 2.64. The molecule has 0 aliphatic rings. The summed E-state index contributed by atoms with van der Waals surface area (Å²) in [7, 11) is 0. The Bertz CT molecular complexity index is 465. The maximum absolute atomic E-state index is 5.77. The van der Waals surface area contributed by atoms with Crippen LogP contribution in [0.1, 0.15) is 11.3 Å². The number of hydrogen-bond donors (Lipinski definition) is 2. The van der Waals surface area contributed by atoms with E-state index in [-0.39, 0.29) is 0 Å². The van der Waals surface area contributed by atoms with Crippen molar-refractivity contribution in [3.8, 4) is 0 Å². The molecule has 0 saturated heterocycles. The first-order valence-corrected chi connectivity index (χ1v) is 5.11. The highest BCUT2D eigenvalue weighted by atomic mass is 15.0. The van der Waals surface area contributed by atoms with Crippen LogP contribution in [0, 0.1) is 6.92 Å². The lowest BCUT2D eigenvalue weighted by Crippen LogP contribution is -2.04. The van der Waals surface area contributed by atoms with Gasteiger partial charge in [0.05, 0.1) is 5.69 Å². The molecule has 0 aromatic carbocycles.